The summed E-state index contributed by atoms with van der Waals surface area (Å²) in [5.41, 5.74) is 1.30. The zero-order valence-electron chi connectivity index (χ0n) is 13.1. The third-order valence-corrected chi connectivity index (χ3v) is 4.44. The number of nitrogens with zero attached hydrogens (tertiary/aromatic N) is 2. The minimum atomic E-state index is -0.0550. The molecule has 0 aliphatic carbocycles. The van der Waals surface area contributed by atoms with Crippen LogP contribution in [0, 0.1) is 0 Å². The first-order chi connectivity index (χ1) is 9.75. The van der Waals surface area contributed by atoms with Gasteiger partial charge in [-0.25, -0.2) is 9.97 Å². The number of benzene rings is 1. The quantitative estimate of drug-likeness (QED) is 0.642. The number of hydrogen-bond donors (Lipinski definition) is 0. The van der Waals surface area contributed by atoms with Crippen molar-refractivity contribution in [3.8, 4) is 0 Å². The molecular formula is C17H21BrN2S. The minimum absolute atomic E-state index is 0.0550. The van der Waals surface area contributed by atoms with Crippen molar-refractivity contribution in [3.05, 3.63) is 46.3 Å². The van der Waals surface area contributed by atoms with Gasteiger partial charge in [0, 0.05) is 16.4 Å². The highest BCUT2D eigenvalue weighted by atomic mass is 79.9. The average molecular weight is 365 g/mol. The third-order valence-electron chi connectivity index (χ3n) is 3.11. The molecule has 1 heterocycles. The monoisotopic (exact) mass is 364 g/mol. The fourth-order valence-corrected chi connectivity index (χ4v) is 3.18. The summed E-state index contributed by atoms with van der Waals surface area (Å²) in [4.78, 5) is 10.4. The minimum Gasteiger partial charge on any atom is -0.226 e. The molecule has 21 heavy (non-hydrogen) atoms. The molecule has 0 aliphatic heterocycles. The lowest BCUT2D eigenvalue weighted by Crippen LogP contribution is -2.16. The Morgan fingerprint density at radius 2 is 1.67 bits per heavy atom. The molecule has 2 aromatic rings. The molecule has 4 heteroatoms. The largest absolute Gasteiger partial charge is 0.226 e. The Labute approximate surface area is 139 Å². The van der Waals surface area contributed by atoms with E-state index in [4.69, 9.17) is 0 Å². The first kappa shape index (κ1) is 16.5. The topological polar surface area (TPSA) is 25.8 Å². The highest BCUT2D eigenvalue weighted by Gasteiger charge is 2.19. The van der Waals surface area contributed by atoms with Gasteiger partial charge in [-0.15, -0.1) is 0 Å². The Bertz CT molecular complexity index is 616. The van der Waals surface area contributed by atoms with Gasteiger partial charge in [0.05, 0.1) is 0 Å². The standard InChI is InChI=1S/C17H21BrN2S/c1-11(2)12-6-8-13(9-7-12)21-15-10-14(18)19-16(20-15)17(3,4)5/h6-11H,1-5H3. The van der Waals surface area contributed by atoms with E-state index >= 15 is 0 Å². The summed E-state index contributed by atoms with van der Waals surface area (Å²) in [7, 11) is 0. The second-order valence-electron chi connectivity index (χ2n) is 6.43. The Morgan fingerprint density at radius 1 is 1.05 bits per heavy atom. The molecule has 0 amide bonds. The Balaban J connectivity index is 2.25. The van der Waals surface area contributed by atoms with Crippen LogP contribution >= 0.6 is 27.7 Å². The van der Waals surface area contributed by atoms with Crippen molar-refractivity contribution in [1.82, 2.24) is 9.97 Å². The van der Waals surface area contributed by atoms with Gasteiger partial charge in [0.2, 0.25) is 0 Å². The Kier molecular flexibility index (Phi) is 5.10. The zero-order chi connectivity index (χ0) is 15.6. The van der Waals surface area contributed by atoms with Crippen LogP contribution in [0.5, 0.6) is 0 Å². The van der Waals surface area contributed by atoms with Gasteiger partial charge in [0.1, 0.15) is 15.5 Å². The number of hydrogen-bond acceptors (Lipinski definition) is 3. The van der Waals surface area contributed by atoms with Crippen LogP contribution in [0.2, 0.25) is 0 Å². The molecule has 0 radical (unpaired) electrons. The Morgan fingerprint density at radius 3 is 2.19 bits per heavy atom. The maximum absolute atomic E-state index is 4.68. The molecule has 0 fully saturated rings. The van der Waals surface area contributed by atoms with Crippen LogP contribution in [0.4, 0.5) is 0 Å². The summed E-state index contributed by atoms with van der Waals surface area (Å²) in [6, 6.07) is 10.7. The summed E-state index contributed by atoms with van der Waals surface area (Å²) in [5.74, 6) is 1.42. The van der Waals surface area contributed by atoms with Gasteiger partial charge in [-0.05, 0) is 39.5 Å². The molecule has 0 spiro atoms. The second kappa shape index (κ2) is 6.49. The van der Waals surface area contributed by atoms with Crippen LogP contribution in [0.25, 0.3) is 0 Å². The van der Waals surface area contributed by atoms with E-state index < -0.39 is 0 Å². The van der Waals surface area contributed by atoms with Crippen LogP contribution < -0.4 is 0 Å². The van der Waals surface area contributed by atoms with E-state index in [0.29, 0.717) is 5.92 Å². The van der Waals surface area contributed by atoms with Crippen molar-refractivity contribution in [2.24, 2.45) is 0 Å². The maximum Gasteiger partial charge on any atom is 0.136 e. The van der Waals surface area contributed by atoms with Crippen molar-refractivity contribution < 1.29 is 0 Å². The summed E-state index contributed by atoms with van der Waals surface area (Å²) < 4.78 is 0.837. The van der Waals surface area contributed by atoms with Gasteiger partial charge in [0.25, 0.3) is 0 Å². The van der Waals surface area contributed by atoms with Gasteiger partial charge < -0.3 is 0 Å². The molecule has 0 bridgehead atoms. The van der Waals surface area contributed by atoms with Gasteiger partial charge in [-0.1, -0.05) is 58.5 Å². The highest BCUT2D eigenvalue weighted by molar-refractivity contribution is 9.10. The van der Waals surface area contributed by atoms with E-state index in [9.17, 15) is 0 Å². The lowest BCUT2D eigenvalue weighted by molar-refractivity contribution is 0.536. The van der Waals surface area contributed by atoms with E-state index in [0.717, 1.165) is 15.5 Å². The second-order valence-corrected chi connectivity index (χ2v) is 8.33. The lowest BCUT2D eigenvalue weighted by atomic mass is 9.96. The van der Waals surface area contributed by atoms with E-state index in [1.165, 1.54) is 10.5 Å². The molecule has 1 aromatic heterocycles. The summed E-state index contributed by atoms with van der Waals surface area (Å²) in [5, 5.41) is 0.971. The fourth-order valence-electron chi connectivity index (χ4n) is 1.83. The number of rotatable bonds is 3. The molecule has 2 rings (SSSR count). The van der Waals surface area contributed by atoms with Crippen LogP contribution in [0.1, 0.15) is 51.9 Å². The van der Waals surface area contributed by atoms with Crippen LogP contribution in [-0.4, -0.2) is 9.97 Å². The van der Waals surface area contributed by atoms with Crippen molar-refractivity contribution in [2.75, 3.05) is 0 Å². The molecule has 0 unspecified atom stereocenters. The first-order valence-electron chi connectivity index (χ1n) is 7.08. The van der Waals surface area contributed by atoms with Crippen LogP contribution in [0.15, 0.2) is 44.9 Å². The summed E-state index contributed by atoms with van der Waals surface area (Å²) in [6.45, 7) is 10.8. The third kappa shape index (κ3) is 4.55. The number of aromatic nitrogens is 2. The van der Waals surface area contributed by atoms with Gasteiger partial charge in [-0.2, -0.15) is 0 Å². The van der Waals surface area contributed by atoms with Gasteiger partial charge in [-0.3, -0.25) is 0 Å². The zero-order valence-corrected chi connectivity index (χ0v) is 15.5. The van der Waals surface area contributed by atoms with Crippen LogP contribution in [-0.2, 0) is 5.41 Å². The predicted octanol–water partition coefficient (Wildman–Crippen LogP) is 5.81. The molecule has 0 aliphatic rings. The molecule has 112 valence electrons. The van der Waals surface area contributed by atoms with Crippen molar-refractivity contribution in [3.63, 3.8) is 0 Å². The maximum atomic E-state index is 4.68. The van der Waals surface area contributed by atoms with E-state index in [2.05, 4.69) is 84.8 Å². The molecule has 0 atom stereocenters. The summed E-state index contributed by atoms with van der Waals surface area (Å²) in [6.07, 6.45) is 0. The van der Waals surface area contributed by atoms with E-state index in [1.807, 2.05) is 6.07 Å². The van der Waals surface area contributed by atoms with E-state index in [1.54, 1.807) is 11.8 Å². The van der Waals surface area contributed by atoms with Crippen LogP contribution in [0.3, 0.4) is 0 Å². The SMILES string of the molecule is CC(C)c1ccc(Sc2cc(Br)nc(C(C)(C)C)n2)cc1. The highest BCUT2D eigenvalue weighted by Crippen LogP contribution is 2.30. The normalized spacial score (nSPS) is 12.0. The van der Waals surface area contributed by atoms with Crippen molar-refractivity contribution >= 4 is 27.7 Å². The molecule has 0 saturated carbocycles. The molecule has 0 N–H and O–H groups in total. The molecule has 1 aromatic carbocycles. The Hall–Kier alpha value is -0.870. The van der Waals surface area contributed by atoms with Crippen molar-refractivity contribution in [2.45, 2.75) is 55.9 Å². The van der Waals surface area contributed by atoms with E-state index in [-0.39, 0.29) is 5.41 Å². The average Bonchev–Trinajstić information content (AvgIpc) is 2.37. The predicted molar refractivity (Wildman–Crippen MR) is 93.1 cm³/mol. The fraction of sp³-hybridized carbons (Fsp3) is 0.412. The summed E-state index contributed by atoms with van der Waals surface area (Å²) >= 11 is 5.16. The smallest absolute Gasteiger partial charge is 0.136 e. The number of halogens is 1. The van der Waals surface area contributed by atoms with Crippen molar-refractivity contribution in [1.29, 1.82) is 0 Å². The molecule has 0 saturated heterocycles. The first-order valence-corrected chi connectivity index (χ1v) is 8.69. The lowest BCUT2D eigenvalue weighted by Gasteiger charge is -2.17. The van der Waals surface area contributed by atoms with Gasteiger partial charge >= 0.3 is 0 Å². The molecule has 2 nitrogen and oxygen atoms in total. The molecular weight excluding hydrogens is 344 g/mol. The van der Waals surface area contributed by atoms with Gasteiger partial charge in [0.15, 0.2) is 0 Å².